The predicted molar refractivity (Wildman–Crippen MR) is 78.1 cm³/mol. The monoisotopic (exact) mass is 258 g/mol. The Bertz CT molecular complexity index is 534. The van der Waals surface area contributed by atoms with E-state index in [4.69, 9.17) is 0 Å². The van der Waals surface area contributed by atoms with E-state index < -0.39 is 0 Å². The molecule has 4 nitrogen and oxygen atoms in total. The number of H-pyrrole nitrogens is 1. The fourth-order valence-corrected chi connectivity index (χ4v) is 3.33. The number of aromatic amines is 1. The fourth-order valence-electron chi connectivity index (χ4n) is 3.33. The van der Waals surface area contributed by atoms with E-state index in [1.807, 2.05) is 12.3 Å². The summed E-state index contributed by atoms with van der Waals surface area (Å²) in [5.74, 6) is 2.64. The van der Waals surface area contributed by atoms with Crippen molar-refractivity contribution in [2.45, 2.75) is 39.0 Å². The number of hydrogen-bond donors (Lipinski definition) is 2. The summed E-state index contributed by atoms with van der Waals surface area (Å²) in [7, 11) is 0. The molecule has 1 aliphatic rings. The minimum atomic E-state index is 0.794. The smallest absolute Gasteiger partial charge is 0.142 e. The van der Waals surface area contributed by atoms with Crippen LogP contribution in [0.5, 0.6) is 0 Å². The Labute approximate surface area is 114 Å². The highest BCUT2D eigenvalue weighted by Gasteiger charge is 2.23. The first-order valence-corrected chi connectivity index (χ1v) is 7.40. The predicted octanol–water partition coefficient (Wildman–Crippen LogP) is 3.59. The summed E-state index contributed by atoms with van der Waals surface area (Å²) in [5.41, 5.74) is 0.910. The maximum Gasteiger partial charge on any atom is 0.142 e. The van der Waals surface area contributed by atoms with Crippen molar-refractivity contribution in [3.05, 3.63) is 18.6 Å². The standard InChI is InChI=1S/C15H22N4/c1-2-11-5-3-4-6-12(11)9-17-15-13-7-8-16-14(13)18-10-19-15/h7-8,10-12H,2-6,9H2,1H3,(H2,16,17,18,19). The highest BCUT2D eigenvalue weighted by molar-refractivity contribution is 5.86. The maximum atomic E-state index is 4.37. The molecular formula is C15H22N4. The molecule has 2 aromatic heterocycles. The molecule has 2 N–H and O–H groups in total. The summed E-state index contributed by atoms with van der Waals surface area (Å²) in [4.78, 5) is 11.7. The van der Waals surface area contributed by atoms with Gasteiger partial charge in [0.05, 0.1) is 5.39 Å². The lowest BCUT2D eigenvalue weighted by Gasteiger charge is -2.31. The van der Waals surface area contributed by atoms with E-state index in [9.17, 15) is 0 Å². The van der Waals surface area contributed by atoms with Crippen LogP contribution in [0.25, 0.3) is 11.0 Å². The normalized spacial score (nSPS) is 23.6. The number of aromatic nitrogens is 3. The van der Waals surface area contributed by atoms with Crippen LogP contribution in [0.4, 0.5) is 5.82 Å². The number of hydrogen-bond acceptors (Lipinski definition) is 3. The molecule has 0 spiro atoms. The molecule has 2 heterocycles. The molecule has 0 radical (unpaired) electrons. The number of nitrogens with zero attached hydrogens (tertiary/aromatic N) is 2. The molecule has 0 aromatic carbocycles. The quantitative estimate of drug-likeness (QED) is 0.881. The van der Waals surface area contributed by atoms with Crippen molar-refractivity contribution >= 4 is 16.9 Å². The largest absolute Gasteiger partial charge is 0.369 e. The van der Waals surface area contributed by atoms with E-state index in [-0.39, 0.29) is 0 Å². The lowest BCUT2D eigenvalue weighted by molar-refractivity contribution is 0.242. The molecule has 1 fully saturated rings. The summed E-state index contributed by atoms with van der Waals surface area (Å²) < 4.78 is 0. The molecule has 19 heavy (non-hydrogen) atoms. The van der Waals surface area contributed by atoms with Crippen LogP contribution in [0.1, 0.15) is 39.0 Å². The molecule has 4 heteroatoms. The lowest BCUT2D eigenvalue weighted by Crippen LogP contribution is -2.26. The van der Waals surface area contributed by atoms with E-state index in [2.05, 4.69) is 27.2 Å². The molecule has 0 saturated heterocycles. The lowest BCUT2D eigenvalue weighted by atomic mass is 9.78. The molecule has 2 unspecified atom stereocenters. The molecular weight excluding hydrogens is 236 g/mol. The van der Waals surface area contributed by atoms with Gasteiger partial charge >= 0.3 is 0 Å². The van der Waals surface area contributed by atoms with Crippen molar-refractivity contribution in [1.29, 1.82) is 0 Å². The van der Waals surface area contributed by atoms with Gasteiger partial charge in [-0.2, -0.15) is 0 Å². The molecule has 102 valence electrons. The fraction of sp³-hybridized carbons (Fsp3) is 0.600. The van der Waals surface area contributed by atoms with E-state index in [1.165, 1.54) is 32.1 Å². The van der Waals surface area contributed by atoms with Crippen LogP contribution >= 0.6 is 0 Å². The Kier molecular flexibility index (Phi) is 3.67. The van der Waals surface area contributed by atoms with Crippen LogP contribution < -0.4 is 5.32 Å². The van der Waals surface area contributed by atoms with Gasteiger partial charge in [0, 0.05) is 12.7 Å². The van der Waals surface area contributed by atoms with Crippen LogP contribution in [0.2, 0.25) is 0 Å². The first-order valence-electron chi connectivity index (χ1n) is 7.40. The van der Waals surface area contributed by atoms with Crippen LogP contribution in [-0.4, -0.2) is 21.5 Å². The van der Waals surface area contributed by atoms with Gasteiger partial charge in [-0.15, -0.1) is 0 Å². The van der Waals surface area contributed by atoms with Gasteiger partial charge < -0.3 is 10.3 Å². The minimum Gasteiger partial charge on any atom is -0.369 e. The Balaban J connectivity index is 1.69. The third-order valence-corrected chi connectivity index (χ3v) is 4.48. The van der Waals surface area contributed by atoms with Crippen molar-refractivity contribution in [2.75, 3.05) is 11.9 Å². The van der Waals surface area contributed by atoms with Crippen LogP contribution in [0, 0.1) is 11.8 Å². The van der Waals surface area contributed by atoms with Gasteiger partial charge in [0.25, 0.3) is 0 Å². The second-order valence-corrected chi connectivity index (χ2v) is 5.56. The van der Waals surface area contributed by atoms with Crippen LogP contribution in [0.3, 0.4) is 0 Å². The van der Waals surface area contributed by atoms with Gasteiger partial charge in [-0.1, -0.05) is 32.6 Å². The van der Waals surface area contributed by atoms with Crippen LogP contribution in [0.15, 0.2) is 18.6 Å². The molecule has 0 amide bonds. The highest BCUT2D eigenvalue weighted by Crippen LogP contribution is 2.32. The third kappa shape index (κ3) is 2.57. The van der Waals surface area contributed by atoms with Crippen molar-refractivity contribution in [2.24, 2.45) is 11.8 Å². The van der Waals surface area contributed by atoms with Gasteiger partial charge in [0.1, 0.15) is 17.8 Å². The van der Waals surface area contributed by atoms with Crippen molar-refractivity contribution in [3.8, 4) is 0 Å². The molecule has 0 aliphatic heterocycles. The Hall–Kier alpha value is -1.58. The molecule has 2 aromatic rings. The summed E-state index contributed by atoms with van der Waals surface area (Å²) >= 11 is 0. The molecule has 0 bridgehead atoms. The average molecular weight is 258 g/mol. The second kappa shape index (κ2) is 5.59. The van der Waals surface area contributed by atoms with E-state index in [1.54, 1.807) is 6.33 Å². The molecule has 1 aliphatic carbocycles. The average Bonchev–Trinajstić information content (AvgIpc) is 2.94. The zero-order chi connectivity index (χ0) is 13.1. The highest BCUT2D eigenvalue weighted by atomic mass is 15.0. The van der Waals surface area contributed by atoms with Gasteiger partial charge in [0.2, 0.25) is 0 Å². The second-order valence-electron chi connectivity index (χ2n) is 5.56. The first-order chi connectivity index (χ1) is 9.38. The zero-order valence-electron chi connectivity index (χ0n) is 11.5. The van der Waals surface area contributed by atoms with E-state index in [0.29, 0.717) is 0 Å². The number of anilines is 1. The zero-order valence-corrected chi connectivity index (χ0v) is 11.5. The summed E-state index contributed by atoms with van der Waals surface area (Å²) in [6.07, 6.45) is 10.4. The summed E-state index contributed by atoms with van der Waals surface area (Å²) in [6.45, 7) is 3.35. The minimum absolute atomic E-state index is 0.794. The van der Waals surface area contributed by atoms with Crippen molar-refractivity contribution < 1.29 is 0 Å². The van der Waals surface area contributed by atoms with Gasteiger partial charge in [-0.3, -0.25) is 0 Å². The van der Waals surface area contributed by atoms with E-state index >= 15 is 0 Å². The topological polar surface area (TPSA) is 53.6 Å². The van der Waals surface area contributed by atoms with Crippen LogP contribution in [-0.2, 0) is 0 Å². The number of nitrogens with one attached hydrogen (secondary N) is 2. The molecule has 1 saturated carbocycles. The number of fused-ring (bicyclic) bond motifs is 1. The summed E-state index contributed by atoms with van der Waals surface area (Å²) in [6, 6.07) is 2.04. The Morgan fingerprint density at radius 2 is 2.11 bits per heavy atom. The third-order valence-electron chi connectivity index (χ3n) is 4.48. The van der Waals surface area contributed by atoms with Gasteiger partial charge in [-0.05, 0) is 24.3 Å². The Morgan fingerprint density at radius 1 is 1.26 bits per heavy atom. The maximum absolute atomic E-state index is 4.37. The van der Waals surface area contributed by atoms with Crippen molar-refractivity contribution in [1.82, 2.24) is 15.0 Å². The first kappa shape index (κ1) is 12.5. The van der Waals surface area contributed by atoms with Gasteiger partial charge in [-0.25, -0.2) is 9.97 Å². The SMILES string of the molecule is CCC1CCCCC1CNc1ncnc2[nH]ccc12. The van der Waals surface area contributed by atoms with Crippen molar-refractivity contribution in [3.63, 3.8) is 0 Å². The number of rotatable bonds is 4. The Morgan fingerprint density at radius 3 is 2.95 bits per heavy atom. The summed E-state index contributed by atoms with van der Waals surface area (Å²) in [5, 5.41) is 4.63. The van der Waals surface area contributed by atoms with E-state index in [0.717, 1.165) is 35.2 Å². The molecule has 2 atom stereocenters. The van der Waals surface area contributed by atoms with Gasteiger partial charge in [0.15, 0.2) is 0 Å². The molecule has 3 rings (SSSR count).